The van der Waals surface area contributed by atoms with Crippen LogP contribution < -0.4 is 11.1 Å². The Kier molecular flexibility index (Phi) is 4.97. The van der Waals surface area contributed by atoms with E-state index in [-0.39, 0.29) is 23.6 Å². The Bertz CT molecular complexity index is 375. The number of benzene rings is 1. The standard InChI is InChI=1S/C13H20N2O2/c1-3-10(8-14)13(17)15-9(2)11-5-4-6-12(16)7-11/h4-7,9-10,16H,3,8,14H2,1-2H3,(H,15,17). The lowest BCUT2D eigenvalue weighted by Crippen LogP contribution is -2.36. The van der Waals surface area contributed by atoms with Gasteiger partial charge in [-0.15, -0.1) is 0 Å². The van der Waals surface area contributed by atoms with Crippen LogP contribution in [0.4, 0.5) is 0 Å². The van der Waals surface area contributed by atoms with Crippen LogP contribution in [0.2, 0.25) is 0 Å². The van der Waals surface area contributed by atoms with Crippen molar-refractivity contribution < 1.29 is 9.90 Å². The molecule has 0 aromatic heterocycles. The molecule has 0 aliphatic heterocycles. The Morgan fingerprint density at radius 3 is 2.76 bits per heavy atom. The van der Waals surface area contributed by atoms with Gasteiger partial charge in [0, 0.05) is 12.5 Å². The van der Waals surface area contributed by atoms with Crippen LogP contribution in [0.1, 0.15) is 31.9 Å². The van der Waals surface area contributed by atoms with Gasteiger partial charge in [0.2, 0.25) is 5.91 Å². The monoisotopic (exact) mass is 236 g/mol. The highest BCUT2D eigenvalue weighted by molar-refractivity contribution is 5.79. The van der Waals surface area contributed by atoms with Crippen LogP contribution in [0.25, 0.3) is 0 Å². The molecule has 4 N–H and O–H groups in total. The molecule has 0 aliphatic rings. The number of rotatable bonds is 5. The second-order valence-electron chi connectivity index (χ2n) is 4.17. The van der Waals surface area contributed by atoms with Crippen molar-refractivity contribution in [2.75, 3.05) is 6.54 Å². The third-order valence-corrected chi connectivity index (χ3v) is 2.88. The van der Waals surface area contributed by atoms with Gasteiger partial charge >= 0.3 is 0 Å². The molecule has 0 bridgehead atoms. The number of carbonyl (C=O) groups excluding carboxylic acids is 1. The summed E-state index contributed by atoms with van der Waals surface area (Å²) in [5.41, 5.74) is 6.40. The third-order valence-electron chi connectivity index (χ3n) is 2.88. The quantitative estimate of drug-likeness (QED) is 0.726. The summed E-state index contributed by atoms with van der Waals surface area (Å²) in [5, 5.41) is 12.3. The predicted molar refractivity (Wildman–Crippen MR) is 67.5 cm³/mol. The molecule has 0 saturated carbocycles. The van der Waals surface area contributed by atoms with E-state index in [4.69, 9.17) is 5.73 Å². The molecule has 2 atom stereocenters. The Morgan fingerprint density at radius 2 is 2.24 bits per heavy atom. The van der Waals surface area contributed by atoms with Gasteiger partial charge in [-0.1, -0.05) is 19.1 Å². The number of amides is 1. The predicted octanol–water partition coefficient (Wildman–Crippen LogP) is 1.55. The fraction of sp³-hybridized carbons (Fsp3) is 0.462. The summed E-state index contributed by atoms with van der Waals surface area (Å²) in [4.78, 5) is 11.8. The van der Waals surface area contributed by atoms with E-state index in [0.717, 1.165) is 12.0 Å². The highest BCUT2D eigenvalue weighted by Crippen LogP contribution is 2.18. The molecule has 0 radical (unpaired) electrons. The van der Waals surface area contributed by atoms with E-state index in [0.29, 0.717) is 6.54 Å². The number of hydrogen-bond donors (Lipinski definition) is 3. The van der Waals surface area contributed by atoms with Crippen LogP contribution in [0.3, 0.4) is 0 Å². The van der Waals surface area contributed by atoms with Crippen molar-refractivity contribution in [2.45, 2.75) is 26.3 Å². The van der Waals surface area contributed by atoms with Gasteiger partial charge in [0.25, 0.3) is 0 Å². The number of hydrogen-bond acceptors (Lipinski definition) is 3. The molecule has 2 unspecified atom stereocenters. The molecule has 4 heteroatoms. The third kappa shape index (κ3) is 3.75. The Balaban J connectivity index is 2.66. The minimum Gasteiger partial charge on any atom is -0.508 e. The fourth-order valence-electron chi connectivity index (χ4n) is 1.67. The van der Waals surface area contributed by atoms with Gasteiger partial charge in [-0.3, -0.25) is 4.79 Å². The second-order valence-corrected chi connectivity index (χ2v) is 4.17. The van der Waals surface area contributed by atoms with Crippen LogP contribution >= 0.6 is 0 Å². The van der Waals surface area contributed by atoms with Gasteiger partial charge in [0.1, 0.15) is 5.75 Å². The van der Waals surface area contributed by atoms with E-state index >= 15 is 0 Å². The first kappa shape index (κ1) is 13.5. The summed E-state index contributed by atoms with van der Waals surface area (Å²) in [6, 6.07) is 6.75. The number of nitrogens with two attached hydrogens (primary N) is 1. The molecule has 0 aliphatic carbocycles. The Hall–Kier alpha value is -1.55. The molecule has 1 aromatic carbocycles. The van der Waals surface area contributed by atoms with Crippen molar-refractivity contribution >= 4 is 5.91 Å². The highest BCUT2D eigenvalue weighted by atomic mass is 16.3. The number of carbonyl (C=O) groups is 1. The van der Waals surface area contributed by atoms with E-state index in [9.17, 15) is 9.90 Å². The van der Waals surface area contributed by atoms with Crippen molar-refractivity contribution in [2.24, 2.45) is 11.7 Å². The van der Waals surface area contributed by atoms with Crippen LogP contribution in [0.5, 0.6) is 5.75 Å². The van der Waals surface area contributed by atoms with Gasteiger partial charge in [0.05, 0.1) is 6.04 Å². The normalized spacial score (nSPS) is 14.1. The van der Waals surface area contributed by atoms with Gasteiger partial charge < -0.3 is 16.2 Å². The van der Waals surface area contributed by atoms with E-state index < -0.39 is 0 Å². The first-order chi connectivity index (χ1) is 8.08. The van der Waals surface area contributed by atoms with Crippen LogP contribution in [-0.4, -0.2) is 17.6 Å². The topological polar surface area (TPSA) is 75.4 Å². The number of phenolic OH excluding ortho intramolecular Hbond substituents is 1. The molecule has 1 aromatic rings. The Labute approximate surface area is 102 Å². The molecule has 1 amide bonds. The maximum absolute atomic E-state index is 11.8. The zero-order valence-electron chi connectivity index (χ0n) is 10.3. The summed E-state index contributed by atoms with van der Waals surface area (Å²) in [7, 11) is 0. The molecular formula is C13H20N2O2. The van der Waals surface area contributed by atoms with Crippen LogP contribution in [0, 0.1) is 5.92 Å². The average Bonchev–Trinajstić information content (AvgIpc) is 2.30. The maximum atomic E-state index is 11.8. The summed E-state index contributed by atoms with van der Waals surface area (Å²) in [6.07, 6.45) is 0.731. The lowest BCUT2D eigenvalue weighted by Gasteiger charge is -2.18. The van der Waals surface area contributed by atoms with Crippen molar-refractivity contribution in [3.63, 3.8) is 0 Å². The van der Waals surface area contributed by atoms with E-state index in [2.05, 4.69) is 5.32 Å². The second kappa shape index (κ2) is 6.25. The number of aromatic hydroxyl groups is 1. The Morgan fingerprint density at radius 1 is 1.53 bits per heavy atom. The molecule has 94 valence electrons. The van der Waals surface area contributed by atoms with Crippen molar-refractivity contribution in [3.8, 4) is 5.75 Å². The first-order valence-corrected chi connectivity index (χ1v) is 5.87. The van der Waals surface area contributed by atoms with E-state index in [1.54, 1.807) is 18.2 Å². The lowest BCUT2D eigenvalue weighted by molar-refractivity contribution is -0.125. The summed E-state index contributed by atoms with van der Waals surface area (Å²) in [6.45, 7) is 4.18. The average molecular weight is 236 g/mol. The summed E-state index contributed by atoms with van der Waals surface area (Å²) < 4.78 is 0. The van der Waals surface area contributed by atoms with E-state index in [1.807, 2.05) is 19.9 Å². The van der Waals surface area contributed by atoms with Crippen molar-refractivity contribution in [3.05, 3.63) is 29.8 Å². The summed E-state index contributed by atoms with van der Waals surface area (Å²) in [5.74, 6) is 0.0232. The zero-order valence-corrected chi connectivity index (χ0v) is 10.3. The largest absolute Gasteiger partial charge is 0.508 e. The molecule has 4 nitrogen and oxygen atoms in total. The lowest BCUT2D eigenvalue weighted by atomic mass is 10.0. The molecule has 1 rings (SSSR count). The van der Waals surface area contributed by atoms with Crippen LogP contribution in [0.15, 0.2) is 24.3 Å². The zero-order chi connectivity index (χ0) is 12.8. The van der Waals surface area contributed by atoms with Crippen molar-refractivity contribution in [1.29, 1.82) is 0 Å². The van der Waals surface area contributed by atoms with Crippen LogP contribution in [-0.2, 0) is 4.79 Å². The molecule has 0 fully saturated rings. The SMILES string of the molecule is CCC(CN)C(=O)NC(C)c1cccc(O)c1. The minimum atomic E-state index is -0.144. The van der Waals surface area contributed by atoms with Gasteiger partial charge in [-0.25, -0.2) is 0 Å². The highest BCUT2D eigenvalue weighted by Gasteiger charge is 2.17. The minimum absolute atomic E-state index is 0.0363. The fourth-order valence-corrected chi connectivity index (χ4v) is 1.67. The van der Waals surface area contributed by atoms with Crippen molar-refractivity contribution in [1.82, 2.24) is 5.32 Å². The molecule has 0 spiro atoms. The molecule has 17 heavy (non-hydrogen) atoms. The first-order valence-electron chi connectivity index (χ1n) is 5.87. The smallest absolute Gasteiger partial charge is 0.224 e. The van der Waals surface area contributed by atoms with Gasteiger partial charge in [-0.05, 0) is 31.0 Å². The number of phenols is 1. The van der Waals surface area contributed by atoms with E-state index in [1.165, 1.54) is 0 Å². The maximum Gasteiger partial charge on any atom is 0.224 e. The number of nitrogens with one attached hydrogen (secondary N) is 1. The molecule has 0 saturated heterocycles. The van der Waals surface area contributed by atoms with Gasteiger partial charge in [-0.2, -0.15) is 0 Å². The van der Waals surface area contributed by atoms with Gasteiger partial charge in [0.15, 0.2) is 0 Å². The summed E-state index contributed by atoms with van der Waals surface area (Å²) >= 11 is 0. The molecule has 0 heterocycles. The molecular weight excluding hydrogens is 216 g/mol.